The summed E-state index contributed by atoms with van der Waals surface area (Å²) in [4.78, 5) is 11.2. The largest absolute Gasteiger partial charge is 0.455 e. The molecule has 4 heteroatoms. The molecule has 0 aliphatic rings. The molecule has 0 bridgehead atoms. The average Bonchev–Trinajstić information content (AvgIpc) is 2.43. The molecule has 19 heavy (non-hydrogen) atoms. The van der Waals surface area contributed by atoms with Crippen molar-refractivity contribution in [1.29, 1.82) is 0 Å². The summed E-state index contributed by atoms with van der Waals surface area (Å²) in [5.41, 5.74) is 1.68. The Morgan fingerprint density at radius 3 is 2.53 bits per heavy atom. The highest BCUT2D eigenvalue weighted by molar-refractivity contribution is 5.93. The maximum absolute atomic E-state index is 11.2. The molecule has 0 saturated carbocycles. The number of hydrogen-bond donors (Lipinski definition) is 2. The number of aliphatic hydroxyl groups excluding tert-OH is 1. The lowest BCUT2D eigenvalue weighted by atomic mass is 10.2. The van der Waals surface area contributed by atoms with Crippen LogP contribution in [0.15, 0.2) is 48.5 Å². The van der Waals surface area contributed by atoms with E-state index in [1.165, 1.54) is 0 Å². The number of nitrogens with one attached hydrogen (secondary N) is 1. The van der Waals surface area contributed by atoms with E-state index >= 15 is 0 Å². The zero-order valence-electron chi connectivity index (χ0n) is 10.6. The van der Waals surface area contributed by atoms with Gasteiger partial charge in [-0.25, -0.2) is 0 Å². The van der Waals surface area contributed by atoms with Gasteiger partial charge in [0, 0.05) is 0 Å². The first-order chi connectivity index (χ1) is 9.19. The Morgan fingerprint density at radius 2 is 1.84 bits per heavy atom. The van der Waals surface area contributed by atoms with Crippen LogP contribution in [0.25, 0.3) is 0 Å². The number of carbonyl (C=O) groups is 1. The third kappa shape index (κ3) is 3.56. The zero-order chi connectivity index (χ0) is 13.7. The Balaban J connectivity index is 2.20. The van der Waals surface area contributed by atoms with E-state index in [1.807, 2.05) is 37.3 Å². The standard InChI is InChI=1S/C15H15NO3/c1-11-6-8-12(9-7-11)19-14-5-3-2-4-13(14)16-15(18)10-17/h2-9,17H,10H2,1H3,(H,16,18). The van der Waals surface area contributed by atoms with Gasteiger partial charge in [-0.05, 0) is 31.2 Å². The number of hydrogen-bond acceptors (Lipinski definition) is 3. The molecule has 4 nitrogen and oxygen atoms in total. The second-order valence-corrected chi connectivity index (χ2v) is 4.12. The molecule has 0 fully saturated rings. The summed E-state index contributed by atoms with van der Waals surface area (Å²) in [6.45, 7) is 1.44. The summed E-state index contributed by atoms with van der Waals surface area (Å²) in [6, 6.07) is 14.7. The van der Waals surface area contributed by atoms with Gasteiger partial charge in [0.25, 0.3) is 0 Å². The second-order valence-electron chi connectivity index (χ2n) is 4.12. The number of aryl methyl sites for hydroxylation is 1. The lowest BCUT2D eigenvalue weighted by molar-refractivity contribution is -0.118. The van der Waals surface area contributed by atoms with E-state index in [9.17, 15) is 4.79 Å². The first-order valence-corrected chi connectivity index (χ1v) is 5.93. The Labute approximate surface area is 111 Å². The van der Waals surface area contributed by atoms with Crippen LogP contribution < -0.4 is 10.1 Å². The van der Waals surface area contributed by atoms with Crippen molar-refractivity contribution in [3.8, 4) is 11.5 Å². The van der Waals surface area contributed by atoms with Gasteiger partial charge >= 0.3 is 0 Å². The monoisotopic (exact) mass is 257 g/mol. The van der Waals surface area contributed by atoms with E-state index in [1.54, 1.807) is 18.2 Å². The maximum atomic E-state index is 11.2. The molecule has 0 unspecified atom stereocenters. The SMILES string of the molecule is Cc1ccc(Oc2ccccc2NC(=O)CO)cc1. The minimum atomic E-state index is -0.557. The minimum absolute atomic E-state index is 0.472. The fraction of sp³-hybridized carbons (Fsp3) is 0.133. The molecule has 2 aromatic rings. The van der Waals surface area contributed by atoms with Crippen molar-refractivity contribution in [1.82, 2.24) is 0 Å². The summed E-state index contributed by atoms with van der Waals surface area (Å²) < 4.78 is 5.71. The molecule has 2 aromatic carbocycles. The van der Waals surface area contributed by atoms with Gasteiger partial charge in [0.15, 0.2) is 5.75 Å². The smallest absolute Gasteiger partial charge is 0.250 e. The normalized spacial score (nSPS) is 10.0. The van der Waals surface area contributed by atoms with Crippen molar-refractivity contribution < 1.29 is 14.6 Å². The Morgan fingerprint density at radius 1 is 1.16 bits per heavy atom. The Kier molecular flexibility index (Phi) is 4.15. The molecule has 2 N–H and O–H groups in total. The van der Waals surface area contributed by atoms with Gasteiger partial charge in [-0.1, -0.05) is 29.8 Å². The fourth-order valence-electron chi connectivity index (χ4n) is 1.58. The summed E-state index contributed by atoms with van der Waals surface area (Å²) in [6.07, 6.45) is 0. The van der Waals surface area contributed by atoms with Gasteiger partial charge in [0.05, 0.1) is 5.69 Å². The van der Waals surface area contributed by atoms with Crippen molar-refractivity contribution in [2.45, 2.75) is 6.92 Å². The number of anilines is 1. The van der Waals surface area contributed by atoms with Gasteiger partial charge < -0.3 is 15.2 Å². The molecule has 0 aliphatic carbocycles. The average molecular weight is 257 g/mol. The fourth-order valence-corrected chi connectivity index (χ4v) is 1.58. The molecule has 0 aliphatic heterocycles. The van der Waals surface area contributed by atoms with Crippen LogP contribution in [0.1, 0.15) is 5.56 Å². The Bertz CT molecular complexity index is 564. The quantitative estimate of drug-likeness (QED) is 0.885. The third-order valence-corrected chi connectivity index (χ3v) is 2.55. The number of carbonyl (C=O) groups excluding carboxylic acids is 1. The van der Waals surface area contributed by atoms with Crippen LogP contribution in [0.4, 0.5) is 5.69 Å². The number of para-hydroxylation sites is 2. The molecule has 0 heterocycles. The van der Waals surface area contributed by atoms with Crippen molar-refractivity contribution in [2.24, 2.45) is 0 Å². The van der Waals surface area contributed by atoms with Crippen molar-refractivity contribution in [3.05, 3.63) is 54.1 Å². The van der Waals surface area contributed by atoms with Crippen LogP contribution in [0, 0.1) is 6.92 Å². The molecule has 98 valence electrons. The highest BCUT2D eigenvalue weighted by Crippen LogP contribution is 2.29. The van der Waals surface area contributed by atoms with E-state index in [2.05, 4.69) is 5.32 Å². The van der Waals surface area contributed by atoms with Crippen LogP contribution in [0.2, 0.25) is 0 Å². The van der Waals surface area contributed by atoms with E-state index in [0.717, 1.165) is 5.56 Å². The molecule has 0 radical (unpaired) electrons. The lowest BCUT2D eigenvalue weighted by Crippen LogP contribution is -2.15. The highest BCUT2D eigenvalue weighted by atomic mass is 16.5. The molecule has 0 atom stereocenters. The number of benzene rings is 2. The minimum Gasteiger partial charge on any atom is -0.455 e. The summed E-state index contributed by atoms with van der Waals surface area (Å²) in [7, 11) is 0. The van der Waals surface area contributed by atoms with E-state index in [0.29, 0.717) is 17.2 Å². The van der Waals surface area contributed by atoms with Crippen LogP contribution in [0.3, 0.4) is 0 Å². The number of rotatable bonds is 4. The van der Waals surface area contributed by atoms with Gasteiger partial charge in [0.1, 0.15) is 12.4 Å². The zero-order valence-corrected chi connectivity index (χ0v) is 10.6. The molecular formula is C15H15NO3. The van der Waals surface area contributed by atoms with Crippen LogP contribution in [-0.4, -0.2) is 17.6 Å². The highest BCUT2D eigenvalue weighted by Gasteiger charge is 2.07. The topological polar surface area (TPSA) is 58.6 Å². The third-order valence-electron chi connectivity index (χ3n) is 2.55. The van der Waals surface area contributed by atoms with Gasteiger partial charge in [-0.15, -0.1) is 0 Å². The predicted octanol–water partition coefficient (Wildman–Crippen LogP) is 2.72. The molecule has 0 saturated heterocycles. The molecule has 2 rings (SSSR count). The first kappa shape index (κ1) is 13.1. The molecular weight excluding hydrogens is 242 g/mol. The van der Waals surface area contributed by atoms with E-state index in [-0.39, 0.29) is 0 Å². The van der Waals surface area contributed by atoms with E-state index < -0.39 is 12.5 Å². The van der Waals surface area contributed by atoms with E-state index in [4.69, 9.17) is 9.84 Å². The maximum Gasteiger partial charge on any atom is 0.250 e. The first-order valence-electron chi connectivity index (χ1n) is 5.93. The second kappa shape index (κ2) is 6.02. The van der Waals surface area contributed by atoms with Gasteiger partial charge in [-0.2, -0.15) is 0 Å². The van der Waals surface area contributed by atoms with Crippen LogP contribution in [-0.2, 0) is 4.79 Å². The summed E-state index contributed by atoms with van der Waals surface area (Å²) in [5, 5.41) is 11.3. The predicted molar refractivity (Wildman–Crippen MR) is 73.4 cm³/mol. The van der Waals surface area contributed by atoms with Gasteiger partial charge in [-0.3, -0.25) is 4.79 Å². The van der Waals surface area contributed by atoms with Crippen LogP contribution >= 0.6 is 0 Å². The molecule has 0 aromatic heterocycles. The van der Waals surface area contributed by atoms with Crippen molar-refractivity contribution >= 4 is 11.6 Å². The van der Waals surface area contributed by atoms with Crippen molar-refractivity contribution in [2.75, 3.05) is 11.9 Å². The number of amides is 1. The Hall–Kier alpha value is -2.33. The molecule has 1 amide bonds. The van der Waals surface area contributed by atoms with Gasteiger partial charge in [0.2, 0.25) is 5.91 Å². The summed E-state index contributed by atoms with van der Waals surface area (Å²) >= 11 is 0. The lowest BCUT2D eigenvalue weighted by Gasteiger charge is -2.11. The number of aliphatic hydroxyl groups is 1. The molecule has 0 spiro atoms. The van der Waals surface area contributed by atoms with Crippen molar-refractivity contribution in [3.63, 3.8) is 0 Å². The summed E-state index contributed by atoms with van der Waals surface area (Å²) in [5.74, 6) is 0.754. The van der Waals surface area contributed by atoms with Crippen LogP contribution in [0.5, 0.6) is 11.5 Å². The number of ether oxygens (including phenoxy) is 1.